The number of hydrogen-bond donors (Lipinski definition) is 0. The maximum absolute atomic E-state index is 12.0. The molecule has 0 unspecified atom stereocenters. The second-order valence-corrected chi connectivity index (χ2v) is 3.88. The van der Waals surface area contributed by atoms with Crippen LogP contribution in [0.2, 0.25) is 0 Å². The molecule has 0 saturated heterocycles. The summed E-state index contributed by atoms with van der Waals surface area (Å²) in [6, 6.07) is 4.06. The van der Waals surface area contributed by atoms with E-state index in [9.17, 15) is 18.0 Å². The zero-order chi connectivity index (χ0) is 11.6. The first-order valence-corrected chi connectivity index (χ1v) is 4.94. The summed E-state index contributed by atoms with van der Waals surface area (Å²) in [7, 11) is 0. The van der Waals surface area contributed by atoms with Crippen LogP contribution >= 0.6 is 22.6 Å². The summed E-state index contributed by atoms with van der Waals surface area (Å²) in [5, 5.41) is 0. The predicted molar refractivity (Wildman–Crippen MR) is 55.8 cm³/mol. The van der Waals surface area contributed by atoms with Crippen molar-refractivity contribution < 1.29 is 22.7 Å². The molecule has 0 aromatic heterocycles. The van der Waals surface area contributed by atoms with Gasteiger partial charge in [0.05, 0.1) is 5.56 Å². The van der Waals surface area contributed by atoms with Gasteiger partial charge in [-0.3, -0.25) is 4.79 Å². The minimum atomic E-state index is -4.78. The van der Waals surface area contributed by atoms with Gasteiger partial charge in [0, 0.05) is 3.57 Å². The number of benzene rings is 1. The number of Topliss-reactive ketones (excluding diaryl/α,β-unsaturated/α-hetero) is 1. The molecule has 0 heterocycles. The van der Waals surface area contributed by atoms with E-state index in [1.54, 1.807) is 28.7 Å². The van der Waals surface area contributed by atoms with Crippen molar-refractivity contribution in [2.75, 3.05) is 0 Å². The standard InChI is InChI=1S/C9H6F3IO2/c1-5(14)8-6(13)3-2-4-7(8)15-9(10,11)12/h2-4H,1H3. The van der Waals surface area contributed by atoms with Crippen LogP contribution < -0.4 is 4.74 Å². The maximum Gasteiger partial charge on any atom is 0.573 e. The first-order chi connectivity index (χ1) is 6.81. The topological polar surface area (TPSA) is 26.3 Å². The molecule has 0 atom stereocenters. The zero-order valence-electron chi connectivity index (χ0n) is 7.56. The normalized spacial score (nSPS) is 11.3. The lowest BCUT2D eigenvalue weighted by molar-refractivity contribution is -0.274. The molecule has 6 heteroatoms. The molecule has 0 saturated carbocycles. The van der Waals surface area contributed by atoms with Crippen LogP contribution in [0.25, 0.3) is 0 Å². The van der Waals surface area contributed by atoms with E-state index in [4.69, 9.17) is 0 Å². The van der Waals surface area contributed by atoms with Crippen LogP contribution in [-0.2, 0) is 0 Å². The van der Waals surface area contributed by atoms with Crippen molar-refractivity contribution in [1.82, 2.24) is 0 Å². The average molecular weight is 330 g/mol. The Balaban J connectivity index is 3.18. The summed E-state index contributed by atoms with van der Waals surface area (Å²) in [5.74, 6) is -0.916. The van der Waals surface area contributed by atoms with Crippen molar-refractivity contribution in [2.45, 2.75) is 13.3 Å². The van der Waals surface area contributed by atoms with E-state index < -0.39 is 17.9 Å². The van der Waals surface area contributed by atoms with Crippen molar-refractivity contribution in [2.24, 2.45) is 0 Å². The van der Waals surface area contributed by atoms with Crippen LogP contribution in [0.15, 0.2) is 18.2 Å². The van der Waals surface area contributed by atoms with Crippen molar-refractivity contribution in [1.29, 1.82) is 0 Å². The molecule has 15 heavy (non-hydrogen) atoms. The molecule has 0 aliphatic carbocycles. The second-order valence-electron chi connectivity index (χ2n) is 2.72. The van der Waals surface area contributed by atoms with Gasteiger partial charge in [-0.05, 0) is 41.6 Å². The quantitative estimate of drug-likeness (QED) is 0.614. The van der Waals surface area contributed by atoms with Crippen molar-refractivity contribution in [3.05, 3.63) is 27.3 Å². The summed E-state index contributed by atoms with van der Waals surface area (Å²) in [6.07, 6.45) is -4.78. The molecule has 0 N–H and O–H groups in total. The highest BCUT2D eigenvalue weighted by molar-refractivity contribution is 14.1. The van der Waals surface area contributed by atoms with Crippen LogP contribution in [-0.4, -0.2) is 12.1 Å². The Bertz CT molecular complexity index is 387. The number of ether oxygens (including phenoxy) is 1. The lowest BCUT2D eigenvalue weighted by atomic mass is 10.1. The first kappa shape index (κ1) is 12.3. The molecule has 0 aliphatic rings. The van der Waals surface area contributed by atoms with Crippen LogP contribution in [0.4, 0.5) is 13.2 Å². The second kappa shape index (κ2) is 4.38. The first-order valence-electron chi connectivity index (χ1n) is 3.86. The summed E-state index contributed by atoms with van der Waals surface area (Å²) >= 11 is 1.78. The van der Waals surface area contributed by atoms with E-state index >= 15 is 0 Å². The average Bonchev–Trinajstić information content (AvgIpc) is 1.99. The van der Waals surface area contributed by atoms with E-state index in [2.05, 4.69) is 4.74 Å². The van der Waals surface area contributed by atoms with Gasteiger partial charge >= 0.3 is 6.36 Å². The van der Waals surface area contributed by atoms with Crippen molar-refractivity contribution in [3.63, 3.8) is 0 Å². The third-order valence-electron chi connectivity index (χ3n) is 1.55. The molecule has 1 aromatic carbocycles. The SMILES string of the molecule is CC(=O)c1c(I)cccc1OC(F)(F)F. The van der Waals surface area contributed by atoms with Gasteiger partial charge < -0.3 is 4.74 Å². The van der Waals surface area contributed by atoms with Gasteiger partial charge in [-0.15, -0.1) is 13.2 Å². The molecule has 82 valence electrons. The molecule has 0 fully saturated rings. The number of alkyl halides is 3. The van der Waals surface area contributed by atoms with Gasteiger partial charge in [-0.2, -0.15) is 0 Å². The number of carbonyl (C=O) groups is 1. The van der Waals surface area contributed by atoms with Crippen LogP contribution in [0.3, 0.4) is 0 Å². The van der Waals surface area contributed by atoms with Crippen LogP contribution in [0, 0.1) is 3.57 Å². The Morgan fingerprint density at radius 3 is 2.47 bits per heavy atom. The van der Waals surface area contributed by atoms with E-state index in [0.717, 1.165) is 6.07 Å². The Labute approximate surface area is 97.6 Å². The Morgan fingerprint density at radius 1 is 1.40 bits per heavy atom. The molecule has 0 bridgehead atoms. The highest BCUT2D eigenvalue weighted by atomic mass is 127. The van der Waals surface area contributed by atoms with E-state index in [0.29, 0.717) is 3.57 Å². The molecule has 0 spiro atoms. The van der Waals surface area contributed by atoms with Gasteiger partial charge in [0.25, 0.3) is 0 Å². The molecule has 2 nitrogen and oxygen atoms in total. The van der Waals surface area contributed by atoms with Crippen molar-refractivity contribution in [3.8, 4) is 5.75 Å². The van der Waals surface area contributed by atoms with Gasteiger partial charge in [0.15, 0.2) is 5.78 Å². The molecule has 0 aliphatic heterocycles. The maximum atomic E-state index is 12.0. The number of hydrogen-bond acceptors (Lipinski definition) is 2. The Kier molecular flexibility index (Phi) is 3.58. The lowest BCUT2D eigenvalue weighted by Crippen LogP contribution is -2.19. The number of ketones is 1. The monoisotopic (exact) mass is 330 g/mol. The highest BCUT2D eigenvalue weighted by Gasteiger charge is 2.32. The summed E-state index contributed by atoms with van der Waals surface area (Å²) < 4.78 is 40.1. The summed E-state index contributed by atoms with van der Waals surface area (Å²) in [4.78, 5) is 11.1. The van der Waals surface area contributed by atoms with Crippen LogP contribution in [0.1, 0.15) is 17.3 Å². The van der Waals surface area contributed by atoms with Gasteiger partial charge in [-0.1, -0.05) is 6.07 Å². The van der Waals surface area contributed by atoms with Crippen LogP contribution in [0.5, 0.6) is 5.75 Å². The molecular weight excluding hydrogens is 324 g/mol. The predicted octanol–water partition coefficient (Wildman–Crippen LogP) is 3.39. The Morgan fingerprint density at radius 2 is 2.00 bits per heavy atom. The lowest BCUT2D eigenvalue weighted by Gasteiger charge is -2.12. The number of rotatable bonds is 2. The van der Waals surface area contributed by atoms with E-state index in [1.807, 2.05) is 0 Å². The molecule has 0 radical (unpaired) electrons. The largest absolute Gasteiger partial charge is 0.573 e. The minimum Gasteiger partial charge on any atom is -0.405 e. The van der Waals surface area contributed by atoms with Gasteiger partial charge in [0.1, 0.15) is 5.75 Å². The fraction of sp³-hybridized carbons (Fsp3) is 0.222. The molecular formula is C9H6F3IO2. The smallest absolute Gasteiger partial charge is 0.405 e. The third-order valence-corrected chi connectivity index (χ3v) is 2.45. The summed E-state index contributed by atoms with van der Waals surface area (Å²) in [6.45, 7) is 1.20. The molecule has 1 aromatic rings. The van der Waals surface area contributed by atoms with E-state index in [1.165, 1.54) is 13.0 Å². The number of halogens is 4. The third kappa shape index (κ3) is 3.37. The van der Waals surface area contributed by atoms with Gasteiger partial charge in [0.2, 0.25) is 0 Å². The highest BCUT2D eigenvalue weighted by Crippen LogP contribution is 2.29. The zero-order valence-corrected chi connectivity index (χ0v) is 9.72. The minimum absolute atomic E-state index is 0.0459. The Hall–Kier alpha value is -0.790. The fourth-order valence-electron chi connectivity index (χ4n) is 1.06. The van der Waals surface area contributed by atoms with Crippen molar-refractivity contribution >= 4 is 28.4 Å². The molecule has 0 amide bonds. The molecule has 1 rings (SSSR count). The van der Waals surface area contributed by atoms with E-state index in [-0.39, 0.29) is 5.56 Å². The number of carbonyl (C=O) groups excluding carboxylic acids is 1. The summed E-state index contributed by atoms with van der Waals surface area (Å²) in [5.41, 5.74) is -0.0459. The van der Waals surface area contributed by atoms with Gasteiger partial charge in [-0.25, -0.2) is 0 Å². The fourth-order valence-corrected chi connectivity index (χ4v) is 1.91.